The molecule has 0 unspecified atom stereocenters. The predicted molar refractivity (Wildman–Crippen MR) is 163 cm³/mol. The Hall–Kier alpha value is -0.760. The number of rotatable bonds is 9. The molecule has 4 rings (SSSR count). The fourth-order valence-electron chi connectivity index (χ4n) is 8.83. The molecule has 0 bridgehead atoms. The van der Waals surface area contributed by atoms with Crippen molar-refractivity contribution in [3.8, 4) is 0 Å². The lowest BCUT2D eigenvalue weighted by atomic mass is 9.54. The topological polar surface area (TPSA) is 99.4 Å². The predicted octanol–water partition coefficient (Wildman–Crippen LogP) is 6.02. The lowest BCUT2D eigenvalue weighted by Gasteiger charge is -2.52. The molecule has 236 valence electrons. The molecular weight excluding hydrogens is 516 g/mol. The summed E-state index contributed by atoms with van der Waals surface area (Å²) in [6.07, 6.45) is 12.9. The smallest absolute Gasteiger partial charge is 0.186 e. The third kappa shape index (κ3) is 7.32. The summed E-state index contributed by atoms with van der Waals surface area (Å²) in [5.41, 5.74) is 1.77. The number of hydrogen-bond donors (Lipinski definition) is 4. The van der Waals surface area contributed by atoms with E-state index in [-0.39, 0.29) is 11.5 Å². The van der Waals surface area contributed by atoms with Crippen LogP contribution in [0.3, 0.4) is 0 Å². The summed E-state index contributed by atoms with van der Waals surface area (Å²) in [4.78, 5) is 0. The molecule has 1 saturated heterocycles. The van der Waals surface area contributed by atoms with Gasteiger partial charge in [-0.3, -0.25) is 0 Å². The number of hydrogen-bond acceptors (Lipinski definition) is 6. The molecule has 0 amide bonds. The fraction of sp³-hybridized carbons (Fsp3) is 0.886. The third-order valence-corrected chi connectivity index (χ3v) is 11.9. The van der Waals surface area contributed by atoms with E-state index < -0.39 is 37.3 Å². The number of aliphatic hydroxyl groups excluding tert-OH is 4. The van der Waals surface area contributed by atoms with E-state index in [4.69, 9.17) is 9.47 Å². The third-order valence-electron chi connectivity index (χ3n) is 11.9. The Labute approximate surface area is 249 Å². The highest BCUT2D eigenvalue weighted by molar-refractivity contribution is 5.27. The van der Waals surface area contributed by atoms with Gasteiger partial charge in [-0.15, -0.1) is 0 Å². The van der Waals surface area contributed by atoms with Gasteiger partial charge in [-0.25, -0.2) is 0 Å². The van der Waals surface area contributed by atoms with Crippen LogP contribution in [0.4, 0.5) is 0 Å². The summed E-state index contributed by atoms with van der Waals surface area (Å²) in [6.45, 7) is 14.1. The minimum absolute atomic E-state index is 0.0829. The van der Waals surface area contributed by atoms with Gasteiger partial charge in [0.1, 0.15) is 24.4 Å². The Morgan fingerprint density at radius 2 is 1.78 bits per heavy atom. The molecule has 0 aromatic carbocycles. The maximum absolute atomic E-state index is 10.5. The lowest BCUT2D eigenvalue weighted by Crippen LogP contribution is -2.60. The van der Waals surface area contributed by atoms with Crippen LogP contribution in [-0.2, 0) is 9.47 Å². The van der Waals surface area contributed by atoms with Crippen molar-refractivity contribution in [3.05, 3.63) is 23.8 Å². The van der Waals surface area contributed by atoms with Crippen LogP contribution in [0.25, 0.3) is 0 Å². The largest absolute Gasteiger partial charge is 0.394 e. The first-order valence-electron chi connectivity index (χ1n) is 16.8. The maximum atomic E-state index is 10.5. The van der Waals surface area contributed by atoms with Gasteiger partial charge in [-0.05, 0) is 98.2 Å². The van der Waals surface area contributed by atoms with Gasteiger partial charge in [0.25, 0.3) is 0 Å². The molecule has 0 aromatic rings. The summed E-state index contributed by atoms with van der Waals surface area (Å²) >= 11 is 0. The Kier molecular flexibility index (Phi) is 11.6. The molecular formula is C35H60O6. The zero-order chi connectivity index (χ0) is 29.9. The van der Waals surface area contributed by atoms with E-state index in [1.165, 1.54) is 25.7 Å². The van der Waals surface area contributed by atoms with Gasteiger partial charge in [0, 0.05) is 0 Å². The molecule has 3 aliphatic carbocycles. The average molecular weight is 577 g/mol. The highest BCUT2D eigenvalue weighted by atomic mass is 16.7. The quantitative estimate of drug-likeness (QED) is 0.198. The van der Waals surface area contributed by atoms with E-state index in [1.54, 1.807) is 5.57 Å². The van der Waals surface area contributed by atoms with Gasteiger partial charge in [0.15, 0.2) is 6.29 Å². The minimum atomic E-state index is -1.40. The first-order valence-corrected chi connectivity index (χ1v) is 16.8. The molecule has 3 fully saturated rings. The molecule has 13 atom stereocenters. The van der Waals surface area contributed by atoms with Crippen LogP contribution in [0.15, 0.2) is 23.8 Å². The molecule has 4 aliphatic rings. The summed E-state index contributed by atoms with van der Waals surface area (Å²) in [7, 11) is 0. The van der Waals surface area contributed by atoms with Crippen LogP contribution < -0.4 is 0 Å². The molecule has 41 heavy (non-hydrogen) atoms. The molecule has 4 N–H and O–H groups in total. The van der Waals surface area contributed by atoms with Crippen molar-refractivity contribution in [2.24, 2.45) is 46.8 Å². The monoisotopic (exact) mass is 576 g/mol. The molecule has 6 heteroatoms. The zero-order valence-corrected chi connectivity index (χ0v) is 26.6. The molecule has 2 saturated carbocycles. The first kappa shape index (κ1) is 33.1. The van der Waals surface area contributed by atoms with Gasteiger partial charge in [0.2, 0.25) is 0 Å². The summed E-state index contributed by atoms with van der Waals surface area (Å²) < 4.78 is 11.9. The second kappa shape index (κ2) is 14.3. The molecule has 0 radical (unpaired) electrons. The fourth-order valence-corrected chi connectivity index (χ4v) is 8.83. The van der Waals surface area contributed by atoms with Crippen LogP contribution in [0, 0.1) is 46.8 Å². The van der Waals surface area contributed by atoms with Gasteiger partial charge >= 0.3 is 0 Å². The van der Waals surface area contributed by atoms with E-state index in [2.05, 4.69) is 59.8 Å². The SMILES string of the molecule is CC[C@H](CC[C@@H](C)[C@H]1C/C=C/[C@@H]2CC[C@@H]3C[C@@H](O[C@@H]4O[C@H](CO)[C@@H](O)[C@H](O)[C@H]4O)CC[C@]3(C)C2=CC[C@@H]1C)C(C)C. The number of fused-ring (bicyclic) bond motifs is 3. The molecule has 0 spiro atoms. The van der Waals surface area contributed by atoms with Crippen molar-refractivity contribution < 1.29 is 29.9 Å². The van der Waals surface area contributed by atoms with E-state index in [9.17, 15) is 20.4 Å². The summed E-state index contributed by atoms with van der Waals surface area (Å²) in [6, 6.07) is 0. The Morgan fingerprint density at radius 1 is 1.02 bits per heavy atom. The van der Waals surface area contributed by atoms with Gasteiger partial charge in [-0.2, -0.15) is 0 Å². The lowest BCUT2D eigenvalue weighted by molar-refractivity contribution is -0.315. The van der Waals surface area contributed by atoms with Gasteiger partial charge in [0.05, 0.1) is 12.7 Å². The van der Waals surface area contributed by atoms with Crippen molar-refractivity contribution in [3.63, 3.8) is 0 Å². The number of aliphatic hydroxyl groups is 4. The van der Waals surface area contributed by atoms with Crippen LogP contribution in [0.2, 0.25) is 0 Å². The second-order valence-electron chi connectivity index (χ2n) is 14.7. The van der Waals surface area contributed by atoms with E-state index >= 15 is 0 Å². The molecule has 1 aliphatic heterocycles. The van der Waals surface area contributed by atoms with Crippen LogP contribution >= 0.6 is 0 Å². The standard InChI is InChI=1S/C35H60O6/c1-7-24(21(2)3)13-11-22(4)28-10-8-9-25-14-15-26-19-27(17-18-35(26,6)29(25)16-12-23(28)5)40-34-33(39)32(38)31(37)30(20-36)41-34/h8-9,16,21-28,30-34,36-39H,7,10-15,17-20H2,1-6H3/b9-8+,29-16?/t22-,23+,24-,25-,26-,27+,28-,30-,31-,32+,33-,34-,35+/m1/s1. The molecule has 0 aromatic heterocycles. The number of allylic oxidation sites excluding steroid dienone is 4. The van der Waals surface area contributed by atoms with Crippen LogP contribution in [0.1, 0.15) is 106 Å². The average Bonchev–Trinajstić information content (AvgIpc) is 3.02. The zero-order valence-electron chi connectivity index (χ0n) is 26.6. The van der Waals surface area contributed by atoms with E-state index in [0.717, 1.165) is 62.2 Å². The number of ether oxygens (including phenoxy) is 2. The molecule has 6 nitrogen and oxygen atoms in total. The van der Waals surface area contributed by atoms with Gasteiger partial charge in [-0.1, -0.05) is 78.2 Å². The minimum Gasteiger partial charge on any atom is -0.394 e. The highest BCUT2D eigenvalue weighted by Crippen LogP contribution is 2.56. The normalized spacial score (nSPS) is 44.0. The highest BCUT2D eigenvalue weighted by Gasteiger charge is 2.49. The Bertz CT molecular complexity index is 884. The van der Waals surface area contributed by atoms with Crippen LogP contribution in [0.5, 0.6) is 0 Å². The Balaban J connectivity index is 1.41. The van der Waals surface area contributed by atoms with Gasteiger partial charge < -0.3 is 29.9 Å². The summed E-state index contributed by atoms with van der Waals surface area (Å²) in [5.74, 6) is 4.74. The van der Waals surface area contributed by atoms with Crippen molar-refractivity contribution in [2.45, 2.75) is 143 Å². The maximum Gasteiger partial charge on any atom is 0.186 e. The van der Waals surface area contributed by atoms with Crippen molar-refractivity contribution >= 4 is 0 Å². The summed E-state index contributed by atoms with van der Waals surface area (Å²) in [5, 5.41) is 40.4. The van der Waals surface area contributed by atoms with E-state index in [0.29, 0.717) is 17.8 Å². The molecule has 1 heterocycles. The Morgan fingerprint density at radius 3 is 2.46 bits per heavy atom. The van der Waals surface area contributed by atoms with Crippen molar-refractivity contribution in [1.82, 2.24) is 0 Å². The van der Waals surface area contributed by atoms with E-state index in [1.807, 2.05) is 0 Å². The van der Waals surface area contributed by atoms with Crippen LogP contribution in [-0.4, -0.2) is 63.8 Å². The van der Waals surface area contributed by atoms with Crippen molar-refractivity contribution in [2.75, 3.05) is 6.61 Å². The second-order valence-corrected chi connectivity index (χ2v) is 14.7. The first-order chi connectivity index (χ1) is 19.5. The van der Waals surface area contributed by atoms with Crippen molar-refractivity contribution in [1.29, 1.82) is 0 Å².